The van der Waals surface area contributed by atoms with Gasteiger partial charge in [0, 0.05) is 19.4 Å². The molecule has 0 aromatic heterocycles. The van der Waals surface area contributed by atoms with E-state index >= 15 is 0 Å². The molecule has 0 aliphatic carbocycles. The molecule has 3 rings (SSSR count). The number of primary amides is 1. The summed E-state index contributed by atoms with van der Waals surface area (Å²) in [6.45, 7) is 4.87. The Balaban J connectivity index is 1.87. The molecular formula is C22H26N2O3. The molecule has 0 radical (unpaired) electrons. The lowest BCUT2D eigenvalue weighted by molar-refractivity contribution is -0.163. The fourth-order valence-corrected chi connectivity index (χ4v) is 3.50. The standard InChI is InChI=1S/C22H26N2O3/c1-3-20(25)24-11-12-27-22(15-24,21(23)26)14-17-5-4-6-19(13-17)18-9-7-16(2)8-10-18/h4-10,13H,3,11-12,14-15H2,1-2H3,(H2,23,26)/t22-/m0/s1. The van der Waals surface area contributed by atoms with Gasteiger partial charge in [0.1, 0.15) is 0 Å². The van der Waals surface area contributed by atoms with Crippen molar-refractivity contribution in [3.05, 3.63) is 59.7 Å². The second-order valence-corrected chi connectivity index (χ2v) is 7.12. The highest BCUT2D eigenvalue weighted by atomic mass is 16.5. The van der Waals surface area contributed by atoms with Crippen molar-refractivity contribution in [2.45, 2.75) is 32.3 Å². The van der Waals surface area contributed by atoms with Crippen LogP contribution in [-0.4, -0.2) is 42.0 Å². The van der Waals surface area contributed by atoms with Gasteiger partial charge in [0.25, 0.3) is 5.91 Å². The van der Waals surface area contributed by atoms with E-state index in [2.05, 4.69) is 37.3 Å². The predicted octanol–water partition coefficient (Wildman–Crippen LogP) is 2.70. The van der Waals surface area contributed by atoms with E-state index in [1.807, 2.05) is 25.1 Å². The van der Waals surface area contributed by atoms with Gasteiger partial charge in [-0.1, -0.05) is 61.0 Å². The van der Waals surface area contributed by atoms with Gasteiger partial charge < -0.3 is 15.4 Å². The van der Waals surface area contributed by atoms with Gasteiger partial charge in [0.2, 0.25) is 5.91 Å². The van der Waals surface area contributed by atoms with Crippen molar-refractivity contribution in [2.75, 3.05) is 19.7 Å². The second-order valence-electron chi connectivity index (χ2n) is 7.12. The number of nitrogens with zero attached hydrogens (tertiary/aromatic N) is 1. The summed E-state index contributed by atoms with van der Waals surface area (Å²) < 4.78 is 5.85. The topological polar surface area (TPSA) is 72.6 Å². The molecule has 1 atom stereocenters. The molecule has 1 aliphatic rings. The first-order valence-electron chi connectivity index (χ1n) is 9.31. The highest BCUT2D eigenvalue weighted by Gasteiger charge is 2.43. The van der Waals surface area contributed by atoms with Crippen molar-refractivity contribution in [3.8, 4) is 11.1 Å². The van der Waals surface area contributed by atoms with Gasteiger partial charge in [0.15, 0.2) is 5.60 Å². The zero-order chi connectivity index (χ0) is 19.4. The molecule has 2 aromatic rings. The van der Waals surface area contributed by atoms with E-state index in [4.69, 9.17) is 10.5 Å². The summed E-state index contributed by atoms with van der Waals surface area (Å²) >= 11 is 0. The van der Waals surface area contributed by atoms with E-state index in [9.17, 15) is 9.59 Å². The first-order valence-corrected chi connectivity index (χ1v) is 9.31. The number of carbonyl (C=O) groups excluding carboxylic acids is 2. The van der Waals surface area contributed by atoms with Crippen molar-refractivity contribution in [2.24, 2.45) is 5.73 Å². The van der Waals surface area contributed by atoms with E-state index < -0.39 is 11.5 Å². The van der Waals surface area contributed by atoms with Crippen LogP contribution in [-0.2, 0) is 20.7 Å². The number of aryl methyl sites for hydroxylation is 1. The largest absolute Gasteiger partial charge is 0.367 e. The maximum atomic E-state index is 12.3. The lowest BCUT2D eigenvalue weighted by atomic mass is 9.90. The Morgan fingerprint density at radius 2 is 1.89 bits per heavy atom. The number of hydrogen-bond acceptors (Lipinski definition) is 3. The van der Waals surface area contributed by atoms with Crippen LogP contribution in [0.1, 0.15) is 24.5 Å². The highest BCUT2D eigenvalue weighted by molar-refractivity contribution is 5.86. The Hall–Kier alpha value is -2.66. The summed E-state index contributed by atoms with van der Waals surface area (Å²) in [5.41, 5.74) is 8.88. The number of ether oxygens (including phenoxy) is 1. The van der Waals surface area contributed by atoms with Crippen molar-refractivity contribution in [1.29, 1.82) is 0 Å². The van der Waals surface area contributed by atoms with Crippen LogP contribution in [0.15, 0.2) is 48.5 Å². The molecule has 5 nitrogen and oxygen atoms in total. The molecule has 0 bridgehead atoms. The van der Waals surface area contributed by atoms with E-state index in [1.165, 1.54) is 5.56 Å². The molecule has 27 heavy (non-hydrogen) atoms. The first-order chi connectivity index (χ1) is 12.9. The van der Waals surface area contributed by atoms with E-state index in [0.29, 0.717) is 26.0 Å². The number of amides is 2. The number of rotatable bonds is 5. The van der Waals surface area contributed by atoms with Crippen molar-refractivity contribution >= 4 is 11.8 Å². The fraction of sp³-hybridized carbons (Fsp3) is 0.364. The zero-order valence-corrected chi connectivity index (χ0v) is 15.9. The van der Waals surface area contributed by atoms with Crippen molar-refractivity contribution < 1.29 is 14.3 Å². The number of benzene rings is 2. The minimum absolute atomic E-state index is 0.0114. The van der Waals surface area contributed by atoms with Crippen LogP contribution in [0.3, 0.4) is 0 Å². The van der Waals surface area contributed by atoms with Crippen LogP contribution >= 0.6 is 0 Å². The molecule has 1 heterocycles. The molecule has 5 heteroatoms. The molecule has 2 amide bonds. The third-order valence-electron chi connectivity index (χ3n) is 5.09. The van der Waals surface area contributed by atoms with Crippen LogP contribution in [0.4, 0.5) is 0 Å². The Labute approximate surface area is 160 Å². The smallest absolute Gasteiger partial charge is 0.251 e. The number of nitrogens with two attached hydrogens (primary N) is 1. The third kappa shape index (κ3) is 4.19. The van der Waals surface area contributed by atoms with Gasteiger partial charge in [-0.15, -0.1) is 0 Å². The molecule has 0 spiro atoms. The van der Waals surface area contributed by atoms with Crippen LogP contribution < -0.4 is 5.73 Å². The average Bonchev–Trinajstić information content (AvgIpc) is 2.68. The summed E-state index contributed by atoms with van der Waals surface area (Å²) in [7, 11) is 0. The number of carbonyl (C=O) groups is 2. The molecule has 0 saturated carbocycles. The summed E-state index contributed by atoms with van der Waals surface area (Å²) in [6.07, 6.45) is 0.743. The summed E-state index contributed by atoms with van der Waals surface area (Å²) in [5, 5.41) is 0. The van der Waals surface area contributed by atoms with Crippen LogP contribution in [0.2, 0.25) is 0 Å². The molecule has 142 valence electrons. The van der Waals surface area contributed by atoms with Crippen LogP contribution in [0, 0.1) is 6.92 Å². The lowest BCUT2D eigenvalue weighted by Gasteiger charge is -2.40. The van der Waals surface area contributed by atoms with E-state index in [-0.39, 0.29) is 12.5 Å². The minimum Gasteiger partial charge on any atom is -0.367 e. The Morgan fingerprint density at radius 1 is 1.15 bits per heavy atom. The summed E-state index contributed by atoms with van der Waals surface area (Å²) in [6, 6.07) is 16.3. The second kappa shape index (κ2) is 7.92. The van der Waals surface area contributed by atoms with Crippen molar-refractivity contribution in [3.63, 3.8) is 0 Å². The SMILES string of the molecule is CCC(=O)N1CCO[C@](Cc2cccc(-c3ccc(C)cc3)c2)(C(N)=O)C1. The van der Waals surface area contributed by atoms with Gasteiger partial charge in [-0.2, -0.15) is 0 Å². The van der Waals surface area contributed by atoms with E-state index in [0.717, 1.165) is 16.7 Å². The van der Waals surface area contributed by atoms with Crippen LogP contribution in [0.25, 0.3) is 11.1 Å². The average molecular weight is 366 g/mol. The van der Waals surface area contributed by atoms with Gasteiger partial charge in [-0.25, -0.2) is 0 Å². The van der Waals surface area contributed by atoms with Gasteiger partial charge in [-0.3, -0.25) is 9.59 Å². The number of hydrogen-bond donors (Lipinski definition) is 1. The molecule has 1 aliphatic heterocycles. The van der Waals surface area contributed by atoms with Gasteiger partial charge >= 0.3 is 0 Å². The highest BCUT2D eigenvalue weighted by Crippen LogP contribution is 2.27. The minimum atomic E-state index is -1.19. The van der Waals surface area contributed by atoms with Gasteiger partial charge in [0.05, 0.1) is 13.2 Å². The molecule has 2 aromatic carbocycles. The number of morpholine rings is 1. The quantitative estimate of drug-likeness (QED) is 0.884. The Bertz CT molecular complexity index is 832. The Morgan fingerprint density at radius 3 is 2.56 bits per heavy atom. The predicted molar refractivity (Wildman–Crippen MR) is 105 cm³/mol. The third-order valence-corrected chi connectivity index (χ3v) is 5.09. The monoisotopic (exact) mass is 366 g/mol. The van der Waals surface area contributed by atoms with E-state index in [1.54, 1.807) is 4.90 Å². The Kier molecular flexibility index (Phi) is 5.61. The van der Waals surface area contributed by atoms with Crippen molar-refractivity contribution in [1.82, 2.24) is 4.90 Å². The first kappa shape index (κ1) is 19.1. The molecule has 1 saturated heterocycles. The molecule has 1 fully saturated rings. The van der Waals surface area contributed by atoms with Gasteiger partial charge in [-0.05, 0) is 23.6 Å². The summed E-state index contributed by atoms with van der Waals surface area (Å²) in [4.78, 5) is 26.1. The molecule has 0 unspecified atom stereocenters. The zero-order valence-electron chi connectivity index (χ0n) is 15.9. The maximum Gasteiger partial charge on any atom is 0.251 e. The maximum absolute atomic E-state index is 12.3. The lowest BCUT2D eigenvalue weighted by Crippen LogP contribution is -2.61. The molecular weight excluding hydrogens is 340 g/mol. The molecule has 2 N–H and O–H groups in total. The van der Waals surface area contributed by atoms with Crippen LogP contribution in [0.5, 0.6) is 0 Å². The summed E-state index contributed by atoms with van der Waals surface area (Å²) in [5.74, 6) is -0.519. The fourth-order valence-electron chi connectivity index (χ4n) is 3.50. The normalized spacial score (nSPS) is 19.7.